The molecule has 20 heavy (non-hydrogen) atoms. The highest BCUT2D eigenvalue weighted by Crippen LogP contribution is 2.12. The van der Waals surface area contributed by atoms with Crippen molar-refractivity contribution in [3.8, 4) is 0 Å². The number of nitrogens with zero attached hydrogens (tertiary/aromatic N) is 1. The summed E-state index contributed by atoms with van der Waals surface area (Å²) in [6.45, 7) is 12.1. The van der Waals surface area contributed by atoms with Crippen LogP contribution in [0, 0.1) is 5.92 Å². The van der Waals surface area contributed by atoms with Crippen molar-refractivity contribution in [1.82, 2.24) is 10.2 Å². The van der Waals surface area contributed by atoms with Crippen LogP contribution in [0.2, 0.25) is 0 Å². The minimum absolute atomic E-state index is 0.701. The van der Waals surface area contributed by atoms with Gasteiger partial charge in [-0.1, -0.05) is 65.7 Å². The maximum Gasteiger partial charge on any atom is 0.0217 e. The first kappa shape index (κ1) is 18.0. The molecule has 1 atom stereocenters. The van der Waals surface area contributed by atoms with Crippen LogP contribution in [-0.2, 0) is 0 Å². The molecule has 0 bridgehead atoms. The van der Waals surface area contributed by atoms with E-state index in [9.17, 15) is 0 Å². The molecule has 1 heterocycles. The summed E-state index contributed by atoms with van der Waals surface area (Å²) in [7, 11) is 0. The second kappa shape index (κ2) is 11.6. The third kappa shape index (κ3) is 8.26. The molecule has 0 radical (unpaired) electrons. The molecule has 0 amide bonds. The lowest BCUT2D eigenvalue weighted by Crippen LogP contribution is -2.41. The van der Waals surface area contributed by atoms with Crippen LogP contribution in [0.15, 0.2) is 0 Å². The summed E-state index contributed by atoms with van der Waals surface area (Å²) in [5.41, 5.74) is 0. The Morgan fingerprint density at radius 3 is 2.30 bits per heavy atom. The van der Waals surface area contributed by atoms with Crippen molar-refractivity contribution in [1.29, 1.82) is 0 Å². The molecule has 1 unspecified atom stereocenters. The van der Waals surface area contributed by atoms with Gasteiger partial charge in [0.15, 0.2) is 0 Å². The standard InChI is InChI=1S/C18H38N2/c1-4-5-6-7-8-9-10-11-14-20-15-12-13-19-18(16-20)17(2)3/h17-19H,4-16H2,1-3H3. The molecule has 0 aliphatic carbocycles. The number of hydrogen-bond acceptors (Lipinski definition) is 2. The summed E-state index contributed by atoms with van der Waals surface area (Å²) in [4.78, 5) is 2.70. The van der Waals surface area contributed by atoms with Gasteiger partial charge in [0.2, 0.25) is 0 Å². The van der Waals surface area contributed by atoms with Gasteiger partial charge in [0.05, 0.1) is 0 Å². The first-order valence-corrected chi connectivity index (χ1v) is 9.19. The fourth-order valence-electron chi connectivity index (χ4n) is 3.14. The van der Waals surface area contributed by atoms with Crippen molar-refractivity contribution in [2.24, 2.45) is 5.92 Å². The van der Waals surface area contributed by atoms with Crippen LogP contribution in [0.5, 0.6) is 0 Å². The molecule has 0 spiro atoms. The zero-order chi connectivity index (χ0) is 14.6. The van der Waals surface area contributed by atoms with E-state index < -0.39 is 0 Å². The summed E-state index contributed by atoms with van der Waals surface area (Å²) in [6.07, 6.45) is 12.7. The van der Waals surface area contributed by atoms with Crippen molar-refractivity contribution in [2.75, 3.05) is 26.2 Å². The third-order valence-corrected chi connectivity index (χ3v) is 4.65. The topological polar surface area (TPSA) is 15.3 Å². The van der Waals surface area contributed by atoms with E-state index in [1.807, 2.05) is 0 Å². The molecule has 120 valence electrons. The minimum Gasteiger partial charge on any atom is -0.312 e. The van der Waals surface area contributed by atoms with Gasteiger partial charge in [0.1, 0.15) is 0 Å². The van der Waals surface area contributed by atoms with E-state index in [0.29, 0.717) is 6.04 Å². The summed E-state index contributed by atoms with van der Waals surface area (Å²) in [5, 5.41) is 3.70. The molecule has 0 aromatic rings. The molecule has 1 aliphatic heterocycles. The zero-order valence-corrected chi connectivity index (χ0v) is 14.3. The quantitative estimate of drug-likeness (QED) is 0.596. The molecule has 1 fully saturated rings. The fourth-order valence-corrected chi connectivity index (χ4v) is 3.14. The lowest BCUT2D eigenvalue weighted by atomic mass is 10.0. The molecule has 2 heteroatoms. The van der Waals surface area contributed by atoms with Gasteiger partial charge in [0, 0.05) is 12.6 Å². The van der Waals surface area contributed by atoms with E-state index in [1.165, 1.54) is 84.0 Å². The highest BCUT2D eigenvalue weighted by atomic mass is 15.2. The molecule has 1 rings (SSSR count). The first-order chi connectivity index (χ1) is 9.74. The number of hydrogen-bond donors (Lipinski definition) is 1. The predicted octanol–water partition coefficient (Wildman–Crippen LogP) is 4.45. The van der Waals surface area contributed by atoms with Gasteiger partial charge < -0.3 is 10.2 Å². The average Bonchev–Trinajstić information content (AvgIpc) is 2.67. The molecule has 0 saturated carbocycles. The van der Waals surface area contributed by atoms with E-state index in [-0.39, 0.29) is 0 Å². The molecule has 0 aromatic carbocycles. The number of rotatable bonds is 10. The fraction of sp³-hybridized carbons (Fsp3) is 1.00. The molecule has 1 aliphatic rings. The van der Waals surface area contributed by atoms with Crippen LogP contribution < -0.4 is 5.32 Å². The van der Waals surface area contributed by atoms with Gasteiger partial charge in [-0.2, -0.15) is 0 Å². The second-order valence-corrected chi connectivity index (χ2v) is 6.93. The van der Waals surface area contributed by atoms with Crippen LogP contribution in [0.4, 0.5) is 0 Å². The maximum absolute atomic E-state index is 3.70. The highest BCUT2D eigenvalue weighted by Gasteiger charge is 2.19. The smallest absolute Gasteiger partial charge is 0.0217 e. The Bertz CT molecular complexity index is 215. The van der Waals surface area contributed by atoms with Crippen LogP contribution in [0.1, 0.15) is 78.6 Å². The second-order valence-electron chi connectivity index (χ2n) is 6.93. The normalized spacial score (nSPS) is 21.3. The van der Waals surface area contributed by atoms with Gasteiger partial charge in [-0.3, -0.25) is 0 Å². The Balaban J connectivity index is 2.02. The Labute approximate surface area is 127 Å². The third-order valence-electron chi connectivity index (χ3n) is 4.65. The van der Waals surface area contributed by atoms with E-state index in [2.05, 4.69) is 31.0 Å². The maximum atomic E-state index is 3.70. The zero-order valence-electron chi connectivity index (χ0n) is 14.3. The minimum atomic E-state index is 0.701. The predicted molar refractivity (Wildman–Crippen MR) is 90.3 cm³/mol. The molecular weight excluding hydrogens is 244 g/mol. The van der Waals surface area contributed by atoms with Crippen LogP contribution in [0.3, 0.4) is 0 Å². The van der Waals surface area contributed by atoms with Crippen molar-refractivity contribution in [2.45, 2.75) is 84.6 Å². The van der Waals surface area contributed by atoms with Gasteiger partial charge in [-0.25, -0.2) is 0 Å². The van der Waals surface area contributed by atoms with Crippen molar-refractivity contribution >= 4 is 0 Å². The van der Waals surface area contributed by atoms with E-state index in [0.717, 1.165) is 5.92 Å². The Hall–Kier alpha value is -0.0800. The Morgan fingerprint density at radius 2 is 1.65 bits per heavy atom. The molecular formula is C18H38N2. The monoisotopic (exact) mass is 282 g/mol. The summed E-state index contributed by atoms with van der Waals surface area (Å²) < 4.78 is 0. The van der Waals surface area contributed by atoms with Crippen LogP contribution in [-0.4, -0.2) is 37.1 Å². The first-order valence-electron chi connectivity index (χ1n) is 9.19. The molecule has 1 saturated heterocycles. The SMILES string of the molecule is CCCCCCCCCCN1CCCNC(C(C)C)C1. The Kier molecular flexibility index (Phi) is 10.4. The number of nitrogens with one attached hydrogen (secondary N) is 1. The average molecular weight is 283 g/mol. The summed E-state index contributed by atoms with van der Waals surface area (Å²) in [5.74, 6) is 0.758. The molecule has 1 N–H and O–H groups in total. The van der Waals surface area contributed by atoms with E-state index in [4.69, 9.17) is 0 Å². The van der Waals surface area contributed by atoms with Crippen LogP contribution >= 0.6 is 0 Å². The highest BCUT2D eigenvalue weighted by molar-refractivity contribution is 4.78. The van der Waals surface area contributed by atoms with E-state index >= 15 is 0 Å². The Morgan fingerprint density at radius 1 is 1.00 bits per heavy atom. The van der Waals surface area contributed by atoms with Crippen molar-refractivity contribution in [3.05, 3.63) is 0 Å². The summed E-state index contributed by atoms with van der Waals surface area (Å²) >= 11 is 0. The van der Waals surface area contributed by atoms with Crippen molar-refractivity contribution < 1.29 is 0 Å². The molecule has 0 aromatic heterocycles. The number of unbranched alkanes of at least 4 members (excludes halogenated alkanes) is 7. The van der Waals surface area contributed by atoms with Gasteiger partial charge in [0.25, 0.3) is 0 Å². The van der Waals surface area contributed by atoms with E-state index in [1.54, 1.807) is 0 Å². The van der Waals surface area contributed by atoms with Gasteiger partial charge in [-0.05, 0) is 38.4 Å². The summed E-state index contributed by atoms with van der Waals surface area (Å²) in [6, 6.07) is 0.701. The van der Waals surface area contributed by atoms with Crippen molar-refractivity contribution in [3.63, 3.8) is 0 Å². The molecule has 2 nitrogen and oxygen atoms in total. The largest absolute Gasteiger partial charge is 0.312 e. The van der Waals surface area contributed by atoms with Crippen LogP contribution in [0.25, 0.3) is 0 Å². The van der Waals surface area contributed by atoms with Gasteiger partial charge in [-0.15, -0.1) is 0 Å². The lowest BCUT2D eigenvalue weighted by Gasteiger charge is -2.26. The van der Waals surface area contributed by atoms with Gasteiger partial charge >= 0.3 is 0 Å². The lowest BCUT2D eigenvalue weighted by molar-refractivity contribution is 0.241.